The number of hydrogen-bond donors (Lipinski definition) is 2. The number of amides is 4. The molecule has 0 radical (unpaired) electrons. The third-order valence-electron chi connectivity index (χ3n) is 8.42. The van der Waals surface area contributed by atoms with Crippen LogP contribution in [0, 0.1) is 5.92 Å². The van der Waals surface area contributed by atoms with Crippen molar-refractivity contribution in [1.29, 1.82) is 0 Å². The van der Waals surface area contributed by atoms with E-state index >= 15 is 0 Å². The molecule has 1 saturated carbocycles. The van der Waals surface area contributed by atoms with Gasteiger partial charge in [0.2, 0.25) is 0 Å². The number of nitrogens with zero attached hydrogens (tertiary/aromatic N) is 1. The smallest absolute Gasteiger partial charge is 0.277 e. The molecule has 3 saturated heterocycles. The van der Waals surface area contributed by atoms with Crippen molar-refractivity contribution in [2.45, 2.75) is 48.6 Å². The molecule has 3 aliphatic heterocycles. The van der Waals surface area contributed by atoms with Crippen molar-refractivity contribution in [3.05, 3.63) is 71.8 Å². The van der Waals surface area contributed by atoms with E-state index < -0.39 is 28.8 Å². The minimum Gasteiger partial charge on any atom is -0.277 e. The Morgan fingerprint density at radius 2 is 1.48 bits per heavy atom. The first-order valence-electron chi connectivity index (χ1n) is 11.1. The first-order chi connectivity index (χ1) is 15.1. The van der Waals surface area contributed by atoms with Crippen LogP contribution in [0.25, 0.3) is 0 Å². The third kappa shape index (κ3) is 1.80. The molecule has 31 heavy (non-hydrogen) atoms. The molecule has 0 aromatic heterocycles. The summed E-state index contributed by atoms with van der Waals surface area (Å²) in [5.41, 5.74) is -0.371. The molecule has 2 aromatic carbocycles. The van der Waals surface area contributed by atoms with Crippen LogP contribution in [-0.4, -0.2) is 40.9 Å². The van der Waals surface area contributed by atoms with E-state index in [0.717, 1.165) is 24.8 Å². The van der Waals surface area contributed by atoms with Crippen LogP contribution in [-0.2, 0) is 20.4 Å². The van der Waals surface area contributed by atoms with Crippen LogP contribution in [0.15, 0.2) is 60.7 Å². The predicted octanol–water partition coefficient (Wildman–Crippen LogP) is 2.48. The van der Waals surface area contributed by atoms with Crippen LogP contribution in [0.3, 0.4) is 0 Å². The lowest BCUT2D eigenvalue weighted by Crippen LogP contribution is -2.76. The van der Waals surface area contributed by atoms with Crippen molar-refractivity contribution in [2.24, 2.45) is 5.92 Å². The minimum absolute atomic E-state index is 0.0600. The van der Waals surface area contributed by atoms with Crippen molar-refractivity contribution < 1.29 is 14.4 Å². The average molecular weight is 415 g/mol. The molecule has 0 bridgehead atoms. The molecule has 0 unspecified atom stereocenters. The summed E-state index contributed by atoms with van der Waals surface area (Å²) in [6.07, 6.45) is 2.69. The van der Waals surface area contributed by atoms with Gasteiger partial charge in [0, 0.05) is 23.4 Å². The Morgan fingerprint density at radius 3 is 2.06 bits per heavy atom. The molecule has 4 amide bonds. The zero-order chi connectivity index (χ0) is 21.4. The summed E-state index contributed by atoms with van der Waals surface area (Å²) in [6, 6.07) is 19.7. The van der Waals surface area contributed by atoms with Crippen LogP contribution in [0.1, 0.15) is 37.3 Å². The Morgan fingerprint density at radius 1 is 0.903 bits per heavy atom. The Kier molecular flexibility index (Phi) is 3.65. The molecular weight excluding hydrogens is 390 g/mol. The summed E-state index contributed by atoms with van der Waals surface area (Å²) < 4.78 is 0. The number of barbiturate groups is 1. The van der Waals surface area contributed by atoms with E-state index in [1.807, 2.05) is 48.5 Å². The number of piperidine rings is 1. The van der Waals surface area contributed by atoms with Gasteiger partial charge in [0.1, 0.15) is 0 Å². The second kappa shape index (κ2) is 6.04. The van der Waals surface area contributed by atoms with Crippen LogP contribution in [0.4, 0.5) is 4.79 Å². The fourth-order valence-corrected chi connectivity index (χ4v) is 7.94. The monoisotopic (exact) mass is 415 g/mol. The molecule has 158 valence electrons. The van der Waals surface area contributed by atoms with Gasteiger partial charge in [-0.2, -0.15) is 0 Å². The Balaban J connectivity index is 1.73. The highest BCUT2D eigenvalue weighted by Crippen LogP contribution is 2.83. The number of fused-ring (bicyclic) bond motifs is 5. The molecule has 4 aliphatic rings. The number of benzene rings is 2. The van der Waals surface area contributed by atoms with Gasteiger partial charge < -0.3 is 0 Å². The highest BCUT2D eigenvalue weighted by molar-refractivity contribution is 6.25. The molecule has 3 heterocycles. The maximum absolute atomic E-state index is 13.8. The van der Waals surface area contributed by atoms with Gasteiger partial charge in [-0.25, -0.2) is 4.79 Å². The highest BCUT2D eigenvalue weighted by atomic mass is 16.2. The molecule has 1 spiro atoms. The summed E-state index contributed by atoms with van der Waals surface area (Å²) in [4.78, 5) is 41.8. The Labute approximate surface area is 181 Å². The zero-order valence-electron chi connectivity index (χ0n) is 17.4. The quantitative estimate of drug-likeness (QED) is 0.755. The largest absolute Gasteiger partial charge is 0.328 e. The average Bonchev–Trinajstić information content (AvgIpc) is 3.03. The molecule has 4 fully saturated rings. The van der Waals surface area contributed by atoms with Gasteiger partial charge in [-0.15, -0.1) is 0 Å². The normalized spacial score (nSPS) is 35.5. The van der Waals surface area contributed by atoms with E-state index in [1.165, 1.54) is 5.56 Å². The van der Waals surface area contributed by atoms with Gasteiger partial charge in [-0.1, -0.05) is 74.0 Å². The number of carbonyl (C=O) groups excluding carboxylic acids is 3. The van der Waals surface area contributed by atoms with Crippen molar-refractivity contribution in [2.75, 3.05) is 6.54 Å². The number of urea groups is 1. The molecule has 4 atom stereocenters. The van der Waals surface area contributed by atoms with Gasteiger partial charge >= 0.3 is 6.03 Å². The van der Waals surface area contributed by atoms with Crippen molar-refractivity contribution >= 4 is 17.8 Å². The number of rotatable bonds is 3. The molecule has 6 rings (SSSR count). The molecule has 2 aromatic rings. The van der Waals surface area contributed by atoms with E-state index in [-0.39, 0.29) is 17.4 Å². The lowest BCUT2D eigenvalue weighted by Gasteiger charge is -2.45. The standard InChI is InChI=1S/C25H25N3O3/c1-2-18-23(16-10-5-3-6-11-16)19-14-9-15-28(19)25(20(29)26-22(31)27-21(25)30)24(18,23)17-12-7-4-8-13-17/h3-8,10-13,18-19H,2,9,14-15H2,1H3,(H2,26,27,29,30,31)/t18-,19-,23+,24+/m1/s1. The van der Waals surface area contributed by atoms with Gasteiger partial charge in [0.05, 0.1) is 0 Å². The van der Waals surface area contributed by atoms with Crippen molar-refractivity contribution in [3.8, 4) is 0 Å². The fraction of sp³-hybridized carbons (Fsp3) is 0.400. The van der Waals surface area contributed by atoms with Crippen LogP contribution in [0.2, 0.25) is 0 Å². The Hall–Kier alpha value is -2.99. The lowest BCUT2D eigenvalue weighted by atomic mass is 9.68. The maximum Gasteiger partial charge on any atom is 0.328 e. The van der Waals surface area contributed by atoms with Crippen molar-refractivity contribution in [1.82, 2.24) is 15.5 Å². The molecule has 6 heteroatoms. The molecular formula is C25H25N3O3. The van der Waals surface area contributed by atoms with Crippen LogP contribution in [0.5, 0.6) is 0 Å². The van der Waals surface area contributed by atoms with Crippen LogP contribution < -0.4 is 10.6 Å². The zero-order valence-corrected chi connectivity index (χ0v) is 17.4. The fourth-order valence-electron chi connectivity index (χ4n) is 7.94. The van der Waals surface area contributed by atoms with Crippen molar-refractivity contribution in [3.63, 3.8) is 0 Å². The number of hydrogen-bond acceptors (Lipinski definition) is 4. The van der Waals surface area contributed by atoms with E-state index in [1.54, 1.807) is 0 Å². The summed E-state index contributed by atoms with van der Waals surface area (Å²) >= 11 is 0. The molecule has 2 N–H and O–H groups in total. The number of imide groups is 2. The second-order valence-corrected chi connectivity index (χ2v) is 9.17. The van der Waals surface area contributed by atoms with Gasteiger partial charge in [-0.3, -0.25) is 25.1 Å². The lowest BCUT2D eigenvalue weighted by molar-refractivity contribution is -0.149. The topological polar surface area (TPSA) is 78.5 Å². The van der Waals surface area contributed by atoms with E-state index in [2.05, 4.69) is 34.6 Å². The van der Waals surface area contributed by atoms with Gasteiger partial charge in [0.15, 0.2) is 5.54 Å². The van der Waals surface area contributed by atoms with Gasteiger partial charge in [-0.05, 0) is 29.9 Å². The SMILES string of the molecule is CC[C@@H]1[C@@]2(c3ccccc3)[C@H]3CCCN3C3(C(=O)NC(=O)NC3=O)[C@@]12c1ccccc1. The number of carbonyl (C=O) groups is 3. The Bertz CT molecular complexity index is 1080. The summed E-state index contributed by atoms with van der Waals surface area (Å²) in [5, 5.41) is 4.94. The van der Waals surface area contributed by atoms with E-state index in [0.29, 0.717) is 6.54 Å². The second-order valence-electron chi connectivity index (χ2n) is 9.17. The predicted molar refractivity (Wildman–Crippen MR) is 114 cm³/mol. The molecule has 6 nitrogen and oxygen atoms in total. The first kappa shape index (κ1) is 18.8. The maximum atomic E-state index is 13.8. The highest BCUT2D eigenvalue weighted by Gasteiger charge is 2.96. The van der Waals surface area contributed by atoms with Crippen LogP contribution >= 0.6 is 0 Å². The van der Waals surface area contributed by atoms with E-state index in [9.17, 15) is 14.4 Å². The number of nitrogens with one attached hydrogen (secondary N) is 2. The third-order valence-corrected chi connectivity index (χ3v) is 8.42. The minimum atomic E-state index is -1.44. The molecule has 1 aliphatic carbocycles. The summed E-state index contributed by atoms with van der Waals surface area (Å²) in [7, 11) is 0. The first-order valence-corrected chi connectivity index (χ1v) is 11.1. The summed E-state index contributed by atoms with van der Waals surface area (Å²) in [6.45, 7) is 2.81. The summed E-state index contributed by atoms with van der Waals surface area (Å²) in [5.74, 6) is -0.856. The van der Waals surface area contributed by atoms with Gasteiger partial charge in [0.25, 0.3) is 11.8 Å². The van der Waals surface area contributed by atoms with E-state index in [4.69, 9.17) is 0 Å².